The number of carboxylic acid groups (broad SMARTS) is 1. The number of nitrogens with one attached hydrogen (secondary N) is 3. The lowest BCUT2D eigenvalue weighted by atomic mass is 9.96. The Hall–Kier alpha value is -2.94. The number of amides is 3. The SMILES string of the molecule is CCC(C)C(N)C(=O)NC(Cc1ccccc1)C(=O)NC(CC(C)C)C(=O)NC(C(=O)O)C(C)CC. The van der Waals surface area contributed by atoms with Gasteiger partial charge in [0.05, 0.1) is 6.04 Å². The third-order valence-corrected chi connectivity index (χ3v) is 6.59. The maximum atomic E-state index is 13.4. The zero-order chi connectivity index (χ0) is 27.4. The van der Waals surface area contributed by atoms with Gasteiger partial charge in [-0.1, -0.05) is 84.7 Å². The first-order valence-corrected chi connectivity index (χ1v) is 12.8. The molecule has 0 heterocycles. The van der Waals surface area contributed by atoms with Crippen molar-refractivity contribution in [1.29, 1.82) is 0 Å². The summed E-state index contributed by atoms with van der Waals surface area (Å²) in [5.41, 5.74) is 6.93. The molecule has 6 N–H and O–H groups in total. The van der Waals surface area contributed by atoms with E-state index >= 15 is 0 Å². The Balaban J connectivity index is 3.14. The summed E-state index contributed by atoms with van der Waals surface area (Å²) in [6, 6.07) is 5.48. The fourth-order valence-electron chi connectivity index (χ4n) is 3.75. The second-order valence-electron chi connectivity index (χ2n) is 10.1. The average molecular weight is 505 g/mol. The van der Waals surface area contributed by atoms with Crippen molar-refractivity contribution in [2.45, 2.75) is 91.4 Å². The van der Waals surface area contributed by atoms with Gasteiger partial charge in [0, 0.05) is 6.42 Å². The predicted octanol–water partition coefficient (Wildman–Crippen LogP) is 2.23. The van der Waals surface area contributed by atoms with Crippen molar-refractivity contribution in [1.82, 2.24) is 16.0 Å². The molecule has 0 aliphatic rings. The molecular formula is C27H44N4O5. The van der Waals surface area contributed by atoms with Gasteiger partial charge in [0.1, 0.15) is 18.1 Å². The van der Waals surface area contributed by atoms with E-state index in [1.807, 2.05) is 65.0 Å². The normalized spacial score (nSPS) is 16.2. The molecule has 1 aromatic carbocycles. The number of carbonyl (C=O) groups excluding carboxylic acids is 3. The van der Waals surface area contributed by atoms with Gasteiger partial charge in [-0.3, -0.25) is 14.4 Å². The average Bonchev–Trinajstić information content (AvgIpc) is 2.84. The molecule has 6 unspecified atom stereocenters. The van der Waals surface area contributed by atoms with Crippen molar-refractivity contribution in [2.75, 3.05) is 0 Å². The molecule has 3 amide bonds. The van der Waals surface area contributed by atoms with Crippen LogP contribution < -0.4 is 21.7 Å². The number of hydrogen-bond donors (Lipinski definition) is 5. The minimum absolute atomic E-state index is 0.0499. The second kappa shape index (κ2) is 15.2. The Morgan fingerprint density at radius 2 is 1.33 bits per heavy atom. The molecule has 202 valence electrons. The first kappa shape index (κ1) is 31.1. The summed E-state index contributed by atoms with van der Waals surface area (Å²) in [5, 5.41) is 17.7. The van der Waals surface area contributed by atoms with Crippen molar-refractivity contribution in [3.8, 4) is 0 Å². The second-order valence-corrected chi connectivity index (χ2v) is 10.1. The number of rotatable bonds is 15. The first-order valence-electron chi connectivity index (χ1n) is 12.8. The summed E-state index contributed by atoms with van der Waals surface area (Å²) >= 11 is 0. The number of carboxylic acids is 1. The fraction of sp³-hybridized carbons (Fsp3) is 0.630. The molecular weight excluding hydrogens is 460 g/mol. The lowest BCUT2D eigenvalue weighted by molar-refractivity contribution is -0.144. The van der Waals surface area contributed by atoms with Crippen molar-refractivity contribution in [3.05, 3.63) is 35.9 Å². The van der Waals surface area contributed by atoms with Gasteiger partial charge in [0.25, 0.3) is 0 Å². The quantitative estimate of drug-likeness (QED) is 0.247. The summed E-state index contributed by atoms with van der Waals surface area (Å²) < 4.78 is 0. The highest BCUT2D eigenvalue weighted by Gasteiger charge is 2.32. The van der Waals surface area contributed by atoms with Crippen LogP contribution in [0.15, 0.2) is 30.3 Å². The van der Waals surface area contributed by atoms with E-state index in [0.717, 1.165) is 5.56 Å². The fourth-order valence-corrected chi connectivity index (χ4v) is 3.75. The first-order chi connectivity index (χ1) is 16.9. The lowest BCUT2D eigenvalue weighted by Crippen LogP contribution is -2.58. The van der Waals surface area contributed by atoms with Crippen LogP contribution in [0.4, 0.5) is 0 Å². The van der Waals surface area contributed by atoms with Crippen LogP contribution in [-0.2, 0) is 25.6 Å². The van der Waals surface area contributed by atoms with Crippen molar-refractivity contribution < 1.29 is 24.3 Å². The molecule has 6 atom stereocenters. The summed E-state index contributed by atoms with van der Waals surface area (Å²) in [4.78, 5) is 51.0. The van der Waals surface area contributed by atoms with Crippen molar-refractivity contribution in [2.24, 2.45) is 23.5 Å². The van der Waals surface area contributed by atoms with Crippen LogP contribution in [0.3, 0.4) is 0 Å². The molecule has 0 bridgehead atoms. The third-order valence-electron chi connectivity index (χ3n) is 6.59. The maximum absolute atomic E-state index is 13.4. The summed E-state index contributed by atoms with van der Waals surface area (Å²) in [6.45, 7) is 11.2. The topological polar surface area (TPSA) is 151 Å². The van der Waals surface area contributed by atoms with Gasteiger partial charge in [-0.05, 0) is 29.7 Å². The van der Waals surface area contributed by atoms with Gasteiger partial charge >= 0.3 is 5.97 Å². The van der Waals surface area contributed by atoms with Crippen molar-refractivity contribution in [3.63, 3.8) is 0 Å². The van der Waals surface area contributed by atoms with Crippen LogP contribution in [-0.4, -0.2) is 53.0 Å². The van der Waals surface area contributed by atoms with E-state index in [0.29, 0.717) is 19.3 Å². The predicted molar refractivity (Wildman–Crippen MR) is 140 cm³/mol. The largest absolute Gasteiger partial charge is 0.480 e. The van der Waals surface area contributed by atoms with Gasteiger partial charge in [-0.2, -0.15) is 0 Å². The molecule has 0 aliphatic carbocycles. The number of nitrogens with two attached hydrogens (primary N) is 1. The molecule has 0 aromatic heterocycles. The number of benzene rings is 1. The van der Waals surface area contributed by atoms with Crippen LogP contribution >= 0.6 is 0 Å². The molecule has 0 saturated heterocycles. The Morgan fingerprint density at radius 3 is 1.83 bits per heavy atom. The van der Waals surface area contributed by atoms with Crippen LogP contribution in [0.2, 0.25) is 0 Å². The Kier molecular flexibility index (Phi) is 13.2. The standard InChI is InChI=1S/C27H44N4O5/c1-7-17(5)22(28)26(34)30-21(15-19-12-10-9-11-13-19)24(32)29-20(14-16(3)4)25(33)31-23(27(35)36)18(6)8-2/h9-13,16-18,20-23H,7-8,14-15,28H2,1-6H3,(H,29,32)(H,30,34)(H,31,33)(H,35,36). The van der Waals surface area contributed by atoms with E-state index in [4.69, 9.17) is 5.73 Å². The number of hydrogen-bond acceptors (Lipinski definition) is 5. The van der Waals surface area contributed by atoms with E-state index < -0.39 is 47.9 Å². The van der Waals surface area contributed by atoms with E-state index in [2.05, 4.69) is 16.0 Å². The zero-order valence-electron chi connectivity index (χ0n) is 22.4. The highest BCUT2D eigenvalue weighted by Crippen LogP contribution is 2.12. The molecule has 0 radical (unpaired) electrons. The smallest absolute Gasteiger partial charge is 0.326 e. The van der Waals surface area contributed by atoms with E-state index in [1.165, 1.54) is 0 Å². The Labute approximate surface area is 215 Å². The van der Waals surface area contributed by atoms with Gasteiger partial charge in [0.15, 0.2) is 0 Å². The minimum Gasteiger partial charge on any atom is -0.480 e. The Bertz CT molecular complexity index is 861. The summed E-state index contributed by atoms with van der Waals surface area (Å²) in [6.07, 6.45) is 1.80. The van der Waals surface area contributed by atoms with E-state index in [9.17, 15) is 24.3 Å². The maximum Gasteiger partial charge on any atom is 0.326 e. The summed E-state index contributed by atoms with van der Waals surface area (Å²) in [7, 11) is 0. The molecule has 36 heavy (non-hydrogen) atoms. The lowest BCUT2D eigenvalue weighted by Gasteiger charge is -2.28. The minimum atomic E-state index is -1.12. The molecule has 0 aliphatic heterocycles. The molecule has 0 fully saturated rings. The Morgan fingerprint density at radius 1 is 0.806 bits per heavy atom. The summed E-state index contributed by atoms with van der Waals surface area (Å²) in [5.74, 6) is -2.96. The van der Waals surface area contributed by atoms with E-state index in [-0.39, 0.29) is 24.2 Å². The van der Waals surface area contributed by atoms with Crippen LogP contribution in [0, 0.1) is 17.8 Å². The van der Waals surface area contributed by atoms with E-state index in [1.54, 1.807) is 6.92 Å². The van der Waals surface area contributed by atoms with Gasteiger partial charge in [0.2, 0.25) is 17.7 Å². The molecule has 9 heteroatoms. The van der Waals surface area contributed by atoms with Gasteiger partial charge in [-0.15, -0.1) is 0 Å². The van der Waals surface area contributed by atoms with Crippen molar-refractivity contribution >= 4 is 23.7 Å². The van der Waals surface area contributed by atoms with Crippen LogP contribution in [0.5, 0.6) is 0 Å². The number of aliphatic carboxylic acids is 1. The molecule has 0 spiro atoms. The van der Waals surface area contributed by atoms with Gasteiger partial charge in [-0.25, -0.2) is 4.79 Å². The highest BCUT2D eigenvalue weighted by molar-refractivity contribution is 5.94. The zero-order valence-corrected chi connectivity index (χ0v) is 22.4. The monoisotopic (exact) mass is 504 g/mol. The molecule has 0 saturated carbocycles. The molecule has 9 nitrogen and oxygen atoms in total. The van der Waals surface area contributed by atoms with Crippen LogP contribution in [0.25, 0.3) is 0 Å². The van der Waals surface area contributed by atoms with Gasteiger partial charge < -0.3 is 26.8 Å². The molecule has 1 rings (SSSR count). The molecule has 1 aromatic rings. The third kappa shape index (κ3) is 9.97. The highest BCUT2D eigenvalue weighted by atomic mass is 16.4. The van der Waals surface area contributed by atoms with Crippen LogP contribution in [0.1, 0.15) is 66.4 Å². The number of carbonyl (C=O) groups is 4.